The van der Waals surface area contributed by atoms with Crippen molar-refractivity contribution in [3.8, 4) is 0 Å². The molecular weight excluding hydrogens is 873 g/mol. The molecule has 5 rings (SSSR count). The number of carbonyl (C=O) groups is 1. The summed E-state index contributed by atoms with van der Waals surface area (Å²) in [5.41, 5.74) is -0.238. The van der Waals surface area contributed by atoms with Crippen molar-refractivity contribution in [2.45, 2.75) is 66.5 Å². The molecule has 2 aromatic heterocycles. The van der Waals surface area contributed by atoms with E-state index in [1.165, 1.54) is 6.07 Å². The molecule has 0 aliphatic carbocycles. The fourth-order valence-corrected chi connectivity index (χ4v) is 12.2. The third-order valence-electron chi connectivity index (χ3n) is 9.11. The van der Waals surface area contributed by atoms with E-state index in [2.05, 4.69) is 41.7 Å². The fraction of sp³-hybridized carbons (Fsp3) is 0.484. The van der Waals surface area contributed by atoms with E-state index in [4.69, 9.17) is 11.6 Å². The van der Waals surface area contributed by atoms with Gasteiger partial charge in [-0.05, 0) is 106 Å². The standard InChI is InChI=1S/C31H34Br2ClF3N4O6S3/c32-22-16-27(48-29(22)34)50(46,47)41-10-6-19(7-11-41)3-1-2-18-4-8-40(9-5-18)30-23(33)15-21(17-38-30)49(44,45)39-26(31(42)43)14-20-12-24(35)28(37)25(36)13-20/h12-13,15-19,26,39H,1-11,14H2,(H,42,43). The van der Waals surface area contributed by atoms with Crippen molar-refractivity contribution >= 4 is 86.6 Å². The van der Waals surface area contributed by atoms with Gasteiger partial charge in [0.25, 0.3) is 10.0 Å². The van der Waals surface area contributed by atoms with E-state index in [1.807, 2.05) is 4.72 Å². The molecule has 10 nitrogen and oxygen atoms in total. The SMILES string of the molecule is O=C(O)C(Cc1cc(F)c(F)c(F)c1)NS(=O)(=O)c1cnc(N2CCC(CCCC3CCN(S(=O)(=O)c4cc(Br)c(Cl)s4)CC3)CC2)c(Br)c1. The van der Waals surface area contributed by atoms with Crippen LogP contribution >= 0.6 is 54.8 Å². The molecule has 50 heavy (non-hydrogen) atoms. The number of halogens is 6. The molecule has 2 aliphatic heterocycles. The number of aromatic nitrogens is 1. The van der Waals surface area contributed by atoms with Crippen LogP contribution in [0.2, 0.25) is 4.34 Å². The lowest BCUT2D eigenvalue weighted by Crippen LogP contribution is -2.42. The Kier molecular flexibility index (Phi) is 13.0. The van der Waals surface area contributed by atoms with Crippen LogP contribution < -0.4 is 9.62 Å². The number of nitrogens with one attached hydrogen (secondary N) is 1. The lowest BCUT2D eigenvalue weighted by molar-refractivity contribution is -0.138. The van der Waals surface area contributed by atoms with Crippen molar-refractivity contribution in [2.75, 3.05) is 31.1 Å². The number of benzene rings is 1. The quantitative estimate of drug-likeness (QED) is 0.172. The number of anilines is 1. The van der Waals surface area contributed by atoms with E-state index in [9.17, 15) is 39.9 Å². The Balaban J connectivity index is 1.08. The molecule has 3 aromatic rings. The van der Waals surface area contributed by atoms with E-state index in [1.54, 1.807) is 10.4 Å². The highest BCUT2D eigenvalue weighted by molar-refractivity contribution is 9.11. The Morgan fingerprint density at radius 2 is 1.54 bits per heavy atom. The van der Waals surface area contributed by atoms with Crippen LogP contribution in [0.1, 0.15) is 50.5 Å². The maximum atomic E-state index is 13.6. The highest BCUT2D eigenvalue weighted by Crippen LogP contribution is 2.38. The number of hydrogen-bond acceptors (Lipinski definition) is 8. The van der Waals surface area contributed by atoms with Crippen molar-refractivity contribution in [2.24, 2.45) is 11.8 Å². The lowest BCUT2D eigenvalue weighted by Gasteiger charge is -2.34. The Morgan fingerprint density at radius 3 is 2.06 bits per heavy atom. The van der Waals surface area contributed by atoms with Crippen LogP contribution in [0.15, 0.2) is 48.5 Å². The summed E-state index contributed by atoms with van der Waals surface area (Å²) in [5.74, 6) is -4.78. The zero-order chi connectivity index (χ0) is 36.4. The van der Waals surface area contributed by atoms with Gasteiger partial charge in [0.1, 0.15) is 25.3 Å². The number of piperidine rings is 2. The molecule has 0 amide bonds. The molecule has 4 heterocycles. The van der Waals surface area contributed by atoms with E-state index in [0.29, 0.717) is 69.2 Å². The van der Waals surface area contributed by atoms with Crippen molar-refractivity contribution < 1.29 is 39.9 Å². The molecule has 2 saturated heterocycles. The maximum absolute atomic E-state index is 13.6. The average Bonchev–Trinajstić information content (AvgIpc) is 3.42. The summed E-state index contributed by atoms with van der Waals surface area (Å²) >= 11 is 13.8. The molecule has 0 spiro atoms. The zero-order valence-electron chi connectivity index (χ0n) is 26.4. The maximum Gasteiger partial charge on any atom is 0.322 e. The Morgan fingerprint density at radius 1 is 0.960 bits per heavy atom. The van der Waals surface area contributed by atoms with E-state index >= 15 is 0 Å². The predicted octanol–water partition coefficient (Wildman–Crippen LogP) is 7.20. The van der Waals surface area contributed by atoms with Gasteiger partial charge in [-0.3, -0.25) is 4.79 Å². The Bertz CT molecular complexity index is 1900. The van der Waals surface area contributed by atoms with Crippen LogP contribution in [0.5, 0.6) is 0 Å². The van der Waals surface area contributed by atoms with Crippen molar-refractivity contribution in [3.05, 3.63) is 66.8 Å². The van der Waals surface area contributed by atoms with E-state index in [0.717, 1.165) is 62.5 Å². The van der Waals surface area contributed by atoms with Gasteiger partial charge in [-0.15, -0.1) is 11.3 Å². The number of rotatable bonds is 13. The van der Waals surface area contributed by atoms with Crippen LogP contribution in [0.4, 0.5) is 19.0 Å². The van der Waals surface area contributed by atoms with Crippen LogP contribution in [0.3, 0.4) is 0 Å². The number of hydrogen-bond donors (Lipinski definition) is 2. The first-order valence-electron chi connectivity index (χ1n) is 15.8. The van der Waals surface area contributed by atoms with Crippen LogP contribution in [-0.2, 0) is 31.3 Å². The second kappa shape index (κ2) is 16.5. The first-order valence-corrected chi connectivity index (χ1v) is 21.5. The summed E-state index contributed by atoms with van der Waals surface area (Å²) in [6.45, 7) is 2.42. The largest absolute Gasteiger partial charge is 0.480 e. The third kappa shape index (κ3) is 9.40. The summed E-state index contributed by atoms with van der Waals surface area (Å²) < 4.78 is 97.9. The van der Waals surface area contributed by atoms with Crippen LogP contribution in [0.25, 0.3) is 0 Å². The molecule has 274 valence electrons. The van der Waals surface area contributed by atoms with Gasteiger partial charge >= 0.3 is 5.97 Å². The molecule has 0 bridgehead atoms. The van der Waals surface area contributed by atoms with E-state index < -0.39 is 55.9 Å². The lowest BCUT2D eigenvalue weighted by atomic mass is 9.87. The normalized spacial score (nSPS) is 17.7. The average molecular weight is 907 g/mol. The molecule has 1 aromatic carbocycles. The van der Waals surface area contributed by atoms with Gasteiger partial charge in [-0.2, -0.15) is 9.03 Å². The fourth-order valence-electron chi connectivity index (χ4n) is 6.34. The summed E-state index contributed by atoms with van der Waals surface area (Å²) in [6.07, 6.45) is 7.16. The van der Waals surface area contributed by atoms with Gasteiger partial charge in [0.2, 0.25) is 10.0 Å². The number of sulfonamides is 2. The van der Waals surface area contributed by atoms with Crippen LogP contribution in [-0.4, -0.2) is 69.4 Å². The molecule has 0 radical (unpaired) electrons. The number of thiophene rings is 1. The molecule has 2 fully saturated rings. The first-order chi connectivity index (χ1) is 23.5. The number of carboxylic acids is 1. The van der Waals surface area contributed by atoms with E-state index in [-0.39, 0.29) is 14.7 Å². The first kappa shape index (κ1) is 39.4. The Labute approximate surface area is 314 Å². The van der Waals surface area contributed by atoms with Gasteiger partial charge in [-0.25, -0.2) is 35.0 Å². The van der Waals surface area contributed by atoms with Gasteiger partial charge in [-0.1, -0.05) is 30.9 Å². The monoisotopic (exact) mass is 904 g/mol. The molecule has 0 saturated carbocycles. The Hall–Kier alpha value is -1.80. The number of nitrogens with zero attached hydrogens (tertiary/aromatic N) is 3. The second-order valence-corrected chi connectivity index (χ2v) is 19.7. The zero-order valence-corrected chi connectivity index (χ0v) is 32.8. The summed E-state index contributed by atoms with van der Waals surface area (Å²) in [4.78, 5) is 17.9. The minimum Gasteiger partial charge on any atom is -0.480 e. The molecule has 19 heteroatoms. The topological polar surface area (TPSA) is 137 Å². The number of pyridine rings is 1. The minimum absolute atomic E-state index is 0.238. The van der Waals surface area contributed by atoms with Crippen molar-refractivity contribution in [1.82, 2.24) is 14.0 Å². The van der Waals surface area contributed by atoms with Crippen molar-refractivity contribution in [3.63, 3.8) is 0 Å². The minimum atomic E-state index is -4.42. The highest BCUT2D eigenvalue weighted by Gasteiger charge is 2.32. The number of carboxylic acid groups (broad SMARTS) is 1. The molecule has 1 unspecified atom stereocenters. The molecular formula is C31H34Br2ClF3N4O6S3. The smallest absolute Gasteiger partial charge is 0.322 e. The van der Waals surface area contributed by atoms with Gasteiger partial charge in [0.05, 0.1) is 4.47 Å². The van der Waals surface area contributed by atoms with Crippen molar-refractivity contribution in [1.29, 1.82) is 0 Å². The van der Waals surface area contributed by atoms with Gasteiger partial charge in [0.15, 0.2) is 17.5 Å². The third-order valence-corrected chi connectivity index (χ3v) is 16.0. The molecule has 1 atom stereocenters. The van der Waals surface area contributed by atoms with Gasteiger partial charge in [0, 0.05) is 36.8 Å². The number of aliphatic carboxylic acids is 1. The summed E-state index contributed by atoms with van der Waals surface area (Å²) in [7, 11) is -7.97. The molecule has 2 aliphatic rings. The van der Waals surface area contributed by atoms with Gasteiger partial charge < -0.3 is 10.0 Å². The van der Waals surface area contributed by atoms with Crippen LogP contribution in [0, 0.1) is 29.3 Å². The second-order valence-electron chi connectivity index (χ2n) is 12.5. The summed E-state index contributed by atoms with van der Waals surface area (Å²) in [5, 5.41) is 9.58. The predicted molar refractivity (Wildman–Crippen MR) is 191 cm³/mol. The molecule has 2 N–H and O–H groups in total. The summed E-state index contributed by atoms with van der Waals surface area (Å²) in [6, 6.07) is 2.32. The highest BCUT2D eigenvalue weighted by atomic mass is 79.9.